The fourth-order valence-corrected chi connectivity index (χ4v) is 1.58. The molecule has 0 fully saturated rings. The molecule has 0 unspecified atom stereocenters. The predicted molar refractivity (Wildman–Crippen MR) is 48.1 cm³/mol. The van der Waals surface area contributed by atoms with E-state index in [4.69, 9.17) is 0 Å². The fraction of sp³-hybridized carbons (Fsp3) is 0.300. The van der Waals surface area contributed by atoms with Crippen molar-refractivity contribution in [3.8, 4) is 0 Å². The molecule has 1 amide bonds. The Balaban J connectivity index is 2.49. The summed E-state index contributed by atoms with van der Waals surface area (Å²) in [6, 6.07) is 5.39. The molecule has 2 rings (SSSR count). The van der Waals surface area contributed by atoms with E-state index >= 15 is 0 Å². The van der Waals surface area contributed by atoms with Crippen LogP contribution in [0.3, 0.4) is 0 Å². The van der Waals surface area contributed by atoms with E-state index in [0.717, 1.165) is 11.1 Å². The van der Waals surface area contributed by atoms with E-state index in [1.807, 2.05) is 19.1 Å². The molecule has 0 aromatic heterocycles. The van der Waals surface area contributed by atoms with Gasteiger partial charge in [0.05, 0.1) is 5.69 Å². The summed E-state index contributed by atoms with van der Waals surface area (Å²) in [4.78, 5) is 11.0. The third-order valence-corrected chi connectivity index (χ3v) is 2.27. The highest BCUT2D eigenvalue weighted by Gasteiger charge is 2.23. The molecule has 1 aromatic carbocycles. The molecule has 0 saturated carbocycles. The smallest absolute Gasteiger partial charge is 0.255 e. The quantitative estimate of drug-likeness (QED) is 0.559. The van der Waals surface area contributed by atoms with Gasteiger partial charge in [0, 0.05) is 6.42 Å². The Hall–Kier alpha value is -1.38. The highest BCUT2D eigenvalue weighted by atomic mass is 19.2. The molecule has 0 atom stereocenters. The average molecular weight is 179 g/mol. The van der Waals surface area contributed by atoms with Crippen molar-refractivity contribution >= 4 is 11.6 Å². The van der Waals surface area contributed by atoms with Crippen LogP contribution in [0.15, 0.2) is 18.2 Å². The number of hydrogen-bond acceptors (Lipinski definition) is 1. The maximum atomic E-state index is 13.2. The molecule has 0 spiro atoms. The van der Waals surface area contributed by atoms with E-state index in [-0.39, 0.29) is 11.5 Å². The molecule has 0 saturated heterocycles. The number of amides is 1. The first-order chi connectivity index (χ1) is 6.18. The fourth-order valence-electron chi connectivity index (χ4n) is 1.58. The lowest BCUT2D eigenvalue weighted by molar-refractivity contribution is -0.121. The molecule has 3 heteroatoms. The molecule has 68 valence electrons. The van der Waals surface area contributed by atoms with Crippen molar-refractivity contribution in [3.05, 3.63) is 29.3 Å². The first-order valence-electron chi connectivity index (χ1n) is 4.27. The third kappa shape index (κ3) is 1.30. The summed E-state index contributed by atoms with van der Waals surface area (Å²) in [6.07, 6.45) is 0.920. The first-order valence-corrected chi connectivity index (χ1v) is 4.27. The van der Waals surface area contributed by atoms with Gasteiger partial charge >= 0.3 is 0 Å². The number of benzene rings is 1. The van der Waals surface area contributed by atoms with E-state index in [1.165, 1.54) is 0 Å². The maximum absolute atomic E-state index is 13.2. The molecule has 1 aliphatic rings. The van der Waals surface area contributed by atoms with Crippen molar-refractivity contribution in [1.29, 1.82) is 0 Å². The minimum Gasteiger partial charge on any atom is -0.272 e. The van der Waals surface area contributed by atoms with Gasteiger partial charge in [-0.2, -0.15) is 0 Å². The summed E-state index contributed by atoms with van der Waals surface area (Å²) in [5.74, 6) is -0.448. The number of carbonyl (C=O) groups excluding carboxylic acids is 1. The molecule has 1 heterocycles. The van der Waals surface area contributed by atoms with Gasteiger partial charge in [-0.3, -0.25) is 4.79 Å². The Morgan fingerprint density at radius 3 is 2.92 bits per heavy atom. The molecular weight excluding hydrogens is 169 g/mol. The van der Waals surface area contributed by atoms with E-state index < -0.39 is 5.91 Å². The maximum Gasteiger partial charge on any atom is 0.255 e. The summed E-state index contributed by atoms with van der Waals surface area (Å²) in [7, 11) is 0. The van der Waals surface area contributed by atoms with Crippen molar-refractivity contribution < 1.29 is 9.28 Å². The van der Waals surface area contributed by atoms with E-state index in [0.29, 0.717) is 12.1 Å². The van der Waals surface area contributed by atoms with Crippen LogP contribution in [0.4, 0.5) is 10.2 Å². The lowest BCUT2D eigenvalue weighted by Crippen LogP contribution is -2.27. The number of aryl methyl sites for hydroxylation is 2. The predicted octanol–water partition coefficient (Wildman–Crippen LogP) is 2.16. The van der Waals surface area contributed by atoms with Crippen LogP contribution >= 0.6 is 0 Å². The Morgan fingerprint density at radius 2 is 2.15 bits per heavy atom. The highest BCUT2D eigenvalue weighted by molar-refractivity contribution is 5.94. The second-order valence-electron chi connectivity index (χ2n) is 3.31. The van der Waals surface area contributed by atoms with Crippen molar-refractivity contribution in [1.82, 2.24) is 0 Å². The van der Waals surface area contributed by atoms with Crippen LogP contribution in [-0.4, -0.2) is 5.91 Å². The van der Waals surface area contributed by atoms with Gasteiger partial charge in [-0.25, -0.2) is 0 Å². The highest BCUT2D eigenvalue weighted by Crippen LogP contribution is 2.28. The van der Waals surface area contributed by atoms with Gasteiger partial charge in [0.25, 0.3) is 5.91 Å². The zero-order valence-corrected chi connectivity index (χ0v) is 7.38. The largest absolute Gasteiger partial charge is 0.272 e. The van der Waals surface area contributed by atoms with Crippen LogP contribution in [-0.2, 0) is 11.2 Å². The Bertz CT molecular complexity index is 362. The van der Waals surface area contributed by atoms with Crippen molar-refractivity contribution in [2.75, 3.05) is 5.12 Å². The Kier molecular flexibility index (Phi) is 1.79. The number of carbonyl (C=O) groups is 1. The summed E-state index contributed by atoms with van der Waals surface area (Å²) in [5.41, 5.74) is 2.42. The van der Waals surface area contributed by atoms with E-state index in [2.05, 4.69) is 0 Å². The van der Waals surface area contributed by atoms with Gasteiger partial charge in [-0.05, 0) is 25.0 Å². The normalized spacial score (nSPS) is 15.8. The number of nitrogens with zero attached hydrogens (tertiary/aromatic N) is 1. The van der Waals surface area contributed by atoms with Crippen LogP contribution in [0.25, 0.3) is 0 Å². The van der Waals surface area contributed by atoms with Crippen LogP contribution in [0.5, 0.6) is 0 Å². The standard InChI is InChI=1S/C10H10FNO/c1-7-2-4-9-8(6-7)3-5-10(13)12(9)11/h2,4,6H,3,5H2,1H3. The van der Waals surface area contributed by atoms with Gasteiger partial charge in [-0.1, -0.05) is 22.2 Å². The van der Waals surface area contributed by atoms with E-state index in [9.17, 15) is 9.28 Å². The minimum absolute atomic E-state index is 0.248. The molecular formula is C10H10FNO. The molecule has 0 aliphatic carbocycles. The van der Waals surface area contributed by atoms with Crippen LogP contribution in [0.1, 0.15) is 17.5 Å². The van der Waals surface area contributed by atoms with Gasteiger partial charge in [0.15, 0.2) is 0 Å². The first kappa shape index (κ1) is 8.23. The van der Waals surface area contributed by atoms with Gasteiger partial charge in [-0.15, -0.1) is 5.12 Å². The average Bonchev–Trinajstić information content (AvgIpc) is 2.12. The second-order valence-corrected chi connectivity index (χ2v) is 3.31. The van der Waals surface area contributed by atoms with Crippen molar-refractivity contribution in [2.45, 2.75) is 19.8 Å². The number of anilines is 1. The third-order valence-electron chi connectivity index (χ3n) is 2.27. The summed E-state index contributed by atoms with van der Waals surface area (Å²) in [5, 5.41) is 0.248. The van der Waals surface area contributed by atoms with Crippen LogP contribution in [0.2, 0.25) is 0 Å². The summed E-state index contributed by atoms with van der Waals surface area (Å²) in [6.45, 7) is 1.96. The lowest BCUT2D eigenvalue weighted by Gasteiger charge is -2.21. The van der Waals surface area contributed by atoms with Gasteiger partial charge in [0.2, 0.25) is 0 Å². The minimum atomic E-state index is -0.448. The zero-order chi connectivity index (χ0) is 9.42. The zero-order valence-electron chi connectivity index (χ0n) is 7.38. The summed E-state index contributed by atoms with van der Waals surface area (Å²) >= 11 is 0. The molecule has 1 aliphatic heterocycles. The number of hydrogen-bond donors (Lipinski definition) is 0. The number of halogens is 1. The Labute approximate surface area is 75.9 Å². The summed E-state index contributed by atoms with van der Waals surface area (Å²) < 4.78 is 13.2. The van der Waals surface area contributed by atoms with E-state index in [1.54, 1.807) is 6.07 Å². The lowest BCUT2D eigenvalue weighted by atomic mass is 10.0. The van der Waals surface area contributed by atoms with Crippen LogP contribution in [0, 0.1) is 6.92 Å². The van der Waals surface area contributed by atoms with Crippen LogP contribution < -0.4 is 5.12 Å². The second kappa shape index (κ2) is 2.83. The molecule has 13 heavy (non-hydrogen) atoms. The van der Waals surface area contributed by atoms with Crippen molar-refractivity contribution in [2.24, 2.45) is 0 Å². The molecule has 2 nitrogen and oxygen atoms in total. The number of rotatable bonds is 0. The monoisotopic (exact) mass is 179 g/mol. The molecule has 0 radical (unpaired) electrons. The molecule has 1 aromatic rings. The molecule has 0 bridgehead atoms. The molecule has 0 N–H and O–H groups in total. The topological polar surface area (TPSA) is 20.3 Å². The van der Waals surface area contributed by atoms with Gasteiger partial charge < -0.3 is 0 Å². The Morgan fingerprint density at radius 1 is 1.38 bits per heavy atom. The SMILES string of the molecule is Cc1ccc2c(c1)CCC(=O)N2F. The van der Waals surface area contributed by atoms with Gasteiger partial charge in [0.1, 0.15) is 0 Å². The van der Waals surface area contributed by atoms with Crippen molar-refractivity contribution in [3.63, 3.8) is 0 Å². The number of fused-ring (bicyclic) bond motifs is 1.